The van der Waals surface area contributed by atoms with Gasteiger partial charge in [-0.25, -0.2) is 4.98 Å². The van der Waals surface area contributed by atoms with Gasteiger partial charge in [-0.15, -0.1) is 0 Å². The molecule has 1 aliphatic rings. The normalized spacial score (nSPS) is 19.4. The van der Waals surface area contributed by atoms with Crippen LogP contribution in [0.3, 0.4) is 0 Å². The number of pyridine rings is 1. The van der Waals surface area contributed by atoms with E-state index in [-0.39, 0.29) is 17.9 Å². The number of fused-ring (bicyclic) bond motifs is 1. The van der Waals surface area contributed by atoms with Crippen molar-refractivity contribution in [2.24, 2.45) is 0 Å². The molecule has 27 heavy (non-hydrogen) atoms. The lowest BCUT2D eigenvalue weighted by molar-refractivity contribution is -0.119. The van der Waals surface area contributed by atoms with E-state index >= 15 is 0 Å². The SMILES string of the molecule is CC(=O)N[C@@H]1CN(c2cc(C)c3ccccc3n2)C[C@H]1c1ccc(C)cc1. The molecule has 1 fully saturated rings. The lowest BCUT2D eigenvalue weighted by atomic mass is 9.93. The molecule has 2 atom stereocenters. The van der Waals surface area contributed by atoms with E-state index in [1.807, 2.05) is 12.1 Å². The quantitative estimate of drug-likeness (QED) is 0.770. The van der Waals surface area contributed by atoms with Crippen LogP contribution in [0.5, 0.6) is 0 Å². The summed E-state index contributed by atoms with van der Waals surface area (Å²) in [6, 6.07) is 19.1. The number of aromatic nitrogens is 1. The number of nitrogens with one attached hydrogen (secondary N) is 1. The highest BCUT2D eigenvalue weighted by Gasteiger charge is 2.35. The van der Waals surface area contributed by atoms with E-state index in [0.717, 1.165) is 24.4 Å². The van der Waals surface area contributed by atoms with Gasteiger partial charge in [-0.2, -0.15) is 0 Å². The molecular weight excluding hydrogens is 334 g/mol. The van der Waals surface area contributed by atoms with Gasteiger partial charge in [0.25, 0.3) is 0 Å². The van der Waals surface area contributed by atoms with Crippen molar-refractivity contribution in [1.82, 2.24) is 10.3 Å². The van der Waals surface area contributed by atoms with E-state index in [1.54, 1.807) is 6.92 Å². The standard InChI is InChI=1S/C23H25N3O/c1-15-8-10-18(11-9-15)20-13-26(14-22(20)24-17(3)27)23-12-16(2)19-6-4-5-7-21(19)25-23/h4-12,20,22H,13-14H2,1-3H3,(H,24,27)/t20-,22+/m0/s1. The minimum absolute atomic E-state index is 0.0154. The van der Waals surface area contributed by atoms with Gasteiger partial charge >= 0.3 is 0 Å². The third-order valence-corrected chi connectivity index (χ3v) is 5.45. The van der Waals surface area contributed by atoms with Crippen molar-refractivity contribution in [3.8, 4) is 0 Å². The molecule has 0 unspecified atom stereocenters. The van der Waals surface area contributed by atoms with E-state index < -0.39 is 0 Å². The highest BCUT2D eigenvalue weighted by atomic mass is 16.1. The second-order valence-electron chi connectivity index (χ2n) is 7.54. The zero-order valence-corrected chi connectivity index (χ0v) is 16.1. The van der Waals surface area contributed by atoms with Gasteiger partial charge in [0.15, 0.2) is 0 Å². The number of para-hydroxylation sites is 1. The van der Waals surface area contributed by atoms with Crippen LogP contribution in [0, 0.1) is 13.8 Å². The predicted molar refractivity (Wildman–Crippen MR) is 110 cm³/mol. The lowest BCUT2D eigenvalue weighted by Gasteiger charge is -2.19. The molecule has 0 aliphatic carbocycles. The van der Waals surface area contributed by atoms with Crippen LogP contribution in [0.25, 0.3) is 10.9 Å². The Bertz CT molecular complexity index is 981. The molecule has 3 aromatic rings. The molecule has 4 nitrogen and oxygen atoms in total. The molecule has 1 saturated heterocycles. The molecule has 2 aromatic carbocycles. The first-order valence-corrected chi connectivity index (χ1v) is 9.46. The van der Waals surface area contributed by atoms with E-state index in [2.05, 4.69) is 66.5 Å². The number of rotatable bonds is 3. The molecule has 0 radical (unpaired) electrons. The Labute approximate surface area is 160 Å². The smallest absolute Gasteiger partial charge is 0.217 e. The zero-order chi connectivity index (χ0) is 19.0. The van der Waals surface area contributed by atoms with Gasteiger partial charge in [0.05, 0.1) is 11.6 Å². The van der Waals surface area contributed by atoms with E-state index in [1.165, 1.54) is 22.1 Å². The monoisotopic (exact) mass is 359 g/mol. The van der Waals surface area contributed by atoms with Gasteiger partial charge in [0.2, 0.25) is 5.91 Å². The predicted octanol–water partition coefficient (Wildman–Crippen LogP) is 3.96. The Morgan fingerprint density at radius 1 is 1.07 bits per heavy atom. The van der Waals surface area contributed by atoms with Crippen LogP contribution in [0.1, 0.15) is 29.5 Å². The minimum atomic E-state index is 0.0154. The number of hydrogen-bond donors (Lipinski definition) is 1. The number of hydrogen-bond acceptors (Lipinski definition) is 3. The molecule has 138 valence electrons. The first-order valence-electron chi connectivity index (χ1n) is 9.46. The van der Waals surface area contributed by atoms with Crippen molar-refractivity contribution < 1.29 is 4.79 Å². The molecule has 4 heteroatoms. The van der Waals surface area contributed by atoms with Crippen LogP contribution >= 0.6 is 0 Å². The summed E-state index contributed by atoms with van der Waals surface area (Å²) in [5, 5.41) is 4.34. The molecule has 0 spiro atoms. The molecule has 1 aromatic heterocycles. The zero-order valence-electron chi connectivity index (χ0n) is 16.1. The summed E-state index contributed by atoms with van der Waals surface area (Å²) >= 11 is 0. The van der Waals surface area contributed by atoms with Gasteiger partial charge in [0.1, 0.15) is 5.82 Å². The van der Waals surface area contributed by atoms with Crippen LogP contribution in [-0.4, -0.2) is 30.0 Å². The average Bonchev–Trinajstić information content (AvgIpc) is 3.05. The van der Waals surface area contributed by atoms with Crippen molar-refractivity contribution >= 4 is 22.6 Å². The molecule has 1 amide bonds. The molecule has 4 rings (SSSR count). The Balaban J connectivity index is 1.68. The number of carbonyl (C=O) groups is 1. The van der Waals surface area contributed by atoms with Gasteiger partial charge in [0, 0.05) is 31.3 Å². The Hall–Kier alpha value is -2.88. The van der Waals surface area contributed by atoms with E-state index in [0.29, 0.717) is 0 Å². The summed E-state index contributed by atoms with van der Waals surface area (Å²) < 4.78 is 0. The average molecular weight is 359 g/mol. The Morgan fingerprint density at radius 3 is 2.56 bits per heavy atom. The van der Waals surface area contributed by atoms with Crippen molar-refractivity contribution in [3.05, 3.63) is 71.3 Å². The van der Waals surface area contributed by atoms with E-state index in [4.69, 9.17) is 4.98 Å². The molecule has 1 N–H and O–H groups in total. The lowest BCUT2D eigenvalue weighted by Crippen LogP contribution is -2.38. The summed E-state index contributed by atoms with van der Waals surface area (Å²) in [7, 11) is 0. The maximum atomic E-state index is 11.8. The Kier molecular flexibility index (Phi) is 4.56. The first kappa shape index (κ1) is 17.5. The fraction of sp³-hybridized carbons (Fsp3) is 0.304. The van der Waals surface area contributed by atoms with Crippen molar-refractivity contribution in [2.45, 2.75) is 32.7 Å². The van der Waals surface area contributed by atoms with Crippen molar-refractivity contribution in [1.29, 1.82) is 0 Å². The molecular formula is C23H25N3O. The fourth-order valence-electron chi connectivity index (χ4n) is 4.04. The van der Waals surface area contributed by atoms with Gasteiger partial charge in [-0.05, 0) is 37.1 Å². The number of benzene rings is 2. The number of anilines is 1. The maximum absolute atomic E-state index is 11.8. The van der Waals surface area contributed by atoms with Crippen molar-refractivity contribution in [2.75, 3.05) is 18.0 Å². The summed E-state index contributed by atoms with van der Waals surface area (Å²) in [5.74, 6) is 1.25. The molecule has 1 aliphatic heterocycles. The summed E-state index contributed by atoms with van der Waals surface area (Å²) in [4.78, 5) is 18.9. The largest absolute Gasteiger partial charge is 0.354 e. The molecule has 2 heterocycles. The third-order valence-electron chi connectivity index (χ3n) is 5.45. The second kappa shape index (κ2) is 7.03. The van der Waals surface area contributed by atoms with Gasteiger partial charge in [-0.1, -0.05) is 48.0 Å². The summed E-state index contributed by atoms with van der Waals surface area (Å²) in [6.07, 6.45) is 0. The molecule has 0 bridgehead atoms. The van der Waals surface area contributed by atoms with Crippen LogP contribution in [0.4, 0.5) is 5.82 Å². The highest BCUT2D eigenvalue weighted by Crippen LogP contribution is 2.32. The number of aryl methyl sites for hydroxylation is 2. The molecule has 0 saturated carbocycles. The maximum Gasteiger partial charge on any atom is 0.217 e. The fourth-order valence-corrected chi connectivity index (χ4v) is 4.04. The summed E-state index contributed by atoms with van der Waals surface area (Å²) in [5.41, 5.74) is 4.75. The topological polar surface area (TPSA) is 45.2 Å². The first-order chi connectivity index (χ1) is 13.0. The Morgan fingerprint density at radius 2 is 1.81 bits per heavy atom. The van der Waals surface area contributed by atoms with Crippen LogP contribution in [-0.2, 0) is 4.79 Å². The van der Waals surface area contributed by atoms with Crippen LogP contribution in [0.2, 0.25) is 0 Å². The van der Waals surface area contributed by atoms with E-state index in [9.17, 15) is 4.79 Å². The second-order valence-corrected chi connectivity index (χ2v) is 7.54. The van der Waals surface area contributed by atoms with Crippen LogP contribution < -0.4 is 10.2 Å². The van der Waals surface area contributed by atoms with Gasteiger partial charge < -0.3 is 10.2 Å². The summed E-state index contributed by atoms with van der Waals surface area (Å²) in [6.45, 7) is 7.43. The van der Waals surface area contributed by atoms with Crippen molar-refractivity contribution in [3.63, 3.8) is 0 Å². The number of nitrogens with zero attached hydrogens (tertiary/aromatic N) is 2. The number of carbonyl (C=O) groups excluding carboxylic acids is 1. The highest BCUT2D eigenvalue weighted by molar-refractivity contribution is 5.84. The number of amides is 1. The third kappa shape index (κ3) is 3.52. The minimum Gasteiger partial charge on any atom is -0.354 e. The van der Waals surface area contributed by atoms with Gasteiger partial charge in [-0.3, -0.25) is 4.79 Å². The van der Waals surface area contributed by atoms with Crippen LogP contribution in [0.15, 0.2) is 54.6 Å².